The lowest BCUT2D eigenvalue weighted by Gasteiger charge is -2.33. The van der Waals surface area contributed by atoms with Crippen molar-refractivity contribution in [2.24, 2.45) is 0 Å². The Morgan fingerprint density at radius 1 is 0.778 bits per heavy atom. The van der Waals surface area contributed by atoms with Gasteiger partial charge in [0.1, 0.15) is 12.8 Å². The summed E-state index contributed by atoms with van der Waals surface area (Å²) < 4.78 is 20.7. The van der Waals surface area contributed by atoms with Crippen LogP contribution in [0.5, 0.6) is 0 Å². The Hall–Kier alpha value is -2.97. The predicted molar refractivity (Wildman–Crippen MR) is 110 cm³/mol. The van der Waals surface area contributed by atoms with Crippen molar-refractivity contribution < 1.29 is 8.98 Å². The van der Waals surface area contributed by atoms with Gasteiger partial charge < -0.3 is 13.8 Å². The molecular formula is C22H13BNO2P. The first-order valence-corrected chi connectivity index (χ1v) is 10.9. The van der Waals surface area contributed by atoms with Gasteiger partial charge in [-0.05, 0) is 40.9 Å². The number of hydrogen-bond acceptors (Lipinski definition) is 3. The highest BCUT2D eigenvalue weighted by atomic mass is 31.2. The van der Waals surface area contributed by atoms with Crippen LogP contribution in [0.1, 0.15) is 0 Å². The van der Waals surface area contributed by atoms with Gasteiger partial charge in [-0.25, -0.2) is 0 Å². The number of rotatable bonds is 0. The van der Waals surface area contributed by atoms with E-state index in [4.69, 9.17) is 4.42 Å². The molecule has 3 nitrogen and oxygen atoms in total. The van der Waals surface area contributed by atoms with E-state index in [-0.39, 0.29) is 6.57 Å². The number of hydrogen-bond donors (Lipinski definition) is 0. The summed E-state index contributed by atoms with van der Waals surface area (Å²) in [6.45, 7) is -0.235. The molecule has 7 rings (SSSR count). The number of benzene rings is 3. The Labute approximate surface area is 156 Å². The molecule has 0 spiro atoms. The monoisotopic (exact) mass is 365 g/mol. The van der Waals surface area contributed by atoms with Crippen LogP contribution in [0.25, 0.3) is 22.5 Å². The van der Waals surface area contributed by atoms with Gasteiger partial charge in [0.25, 0.3) is 0 Å². The van der Waals surface area contributed by atoms with Gasteiger partial charge in [-0.2, -0.15) is 0 Å². The molecule has 4 heterocycles. The van der Waals surface area contributed by atoms with E-state index in [1.165, 1.54) is 0 Å². The van der Waals surface area contributed by atoms with E-state index in [2.05, 4.69) is 41.2 Å². The summed E-state index contributed by atoms with van der Waals surface area (Å²) in [7, 11) is -2.86. The molecule has 1 unspecified atom stereocenters. The lowest BCUT2D eigenvalue weighted by atomic mass is 9.72. The minimum atomic E-state index is -2.86. The summed E-state index contributed by atoms with van der Waals surface area (Å²) >= 11 is 0. The van der Waals surface area contributed by atoms with Crippen molar-refractivity contribution in [3.63, 3.8) is 0 Å². The van der Waals surface area contributed by atoms with Gasteiger partial charge >= 0.3 is 6.57 Å². The van der Waals surface area contributed by atoms with Crippen molar-refractivity contribution in [2.75, 3.05) is 4.81 Å². The van der Waals surface area contributed by atoms with Crippen LogP contribution in [0.4, 0.5) is 11.4 Å². The second-order valence-corrected chi connectivity index (χ2v) is 10.0. The predicted octanol–water partition coefficient (Wildman–Crippen LogP) is 4.10. The maximum Gasteiger partial charge on any atom is 0.380 e. The molecule has 0 aliphatic carbocycles. The van der Waals surface area contributed by atoms with Gasteiger partial charge in [-0.3, -0.25) is 0 Å². The van der Waals surface area contributed by atoms with E-state index in [1.807, 2.05) is 36.4 Å². The molecule has 126 valence electrons. The minimum absolute atomic E-state index is 0.235. The highest BCUT2D eigenvalue weighted by Crippen LogP contribution is 2.65. The van der Waals surface area contributed by atoms with Crippen molar-refractivity contribution in [3.8, 4) is 22.5 Å². The van der Waals surface area contributed by atoms with Crippen LogP contribution in [-0.4, -0.2) is 6.57 Å². The fraction of sp³-hybridized carbons (Fsp3) is 0. The van der Waals surface area contributed by atoms with Gasteiger partial charge in [-0.1, -0.05) is 48.5 Å². The minimum Gasteiger partial charge on any atom is -0.465 e. The SMILES string of the molecule is O=P12B3c4ccoc4-c4ccccc4N3c3cccc(c31)-c1ccccc12. The van der Waals surface area contributed by atoms with E-state index in [1.54, 1.807) is 6.26 Å². The second-order valence-electron chi connectivity index (χ2n) is 7.31. The molecule has 27 heavy (non-hydrogen) atoms. The van der Waals surface area contributed by atoms with Gasteiger partial charge in [0, 0.05) is 27.5 Å². The summed E-state index contributed by atoms with van der Waals surface area (Å²) in [5.41, 5.74) is 6.45. The molecular weight excluding hydrogens is 352 g/mol. The van der Waals surface area contributed by atoms with E-state index in [0.29, 0.717) is 0 Å². The van der Waals surface area contributed by atoms with Crippen LogP contribution in [-0.2, 0) is 4.57 Å². The molecule has 0 N–H and O–H groups in total. The Morgan fingerprint density at radius 2 is 1.52 bits per heavy atom. The van der Waals surface area contributed by atoms with Crippen LogP contribution >= 0.6 is 7.02 Å². The van der Waals surface area contributed by atoms with Crippen molar-refractivity contribution in [1.29, 1.82) is 0 Å². The third kappa shape index (κ3) is 1.41. The molecule has 0 saturated carbocycles. The smallest absolute Gasteiger partial charge is 0.380 e. The Morgan fingerprint density at radius 3 is 2.44 bits per heavy atom. The van der Waals surface area contributed by atoms with Crippen molar-refractivity contribution in [2.45, 2.75) is 0 Å². The van der Waals surface area contributed by atoms with E-state index >= 15 is 0 Å². The largest absolute Gasteiger partial charge is 0.465 e. The summed E-state index contributed by atoms with van der Waals surface area (Å²) in [6, 6.07) is 24.7. The Balaban J connectivity index is 1.68. The first-order chi connectivity index (χ1) is 13.3. The Bertz CT molecular complexity index is 1340. The summed E-state index contributed by atoms with van der Waals surface area (Å²) in [5, 5.41) is 1.99. The summed E-state index contributed by atoms with van der Waals surface area (Å²) in [6.07, 6.45) is 1.73. The maximum atomic E-state index is 14.8. The van der Waals surface area contributed by atoms with E-state index < -0.39 is 7.02 Å². The molecule has 0 amide bonds. The molecule has 5 heteroatoms. The van der Waals surface area contributed by atoms with Crippen LogP contribution in [0.2, 0.25) is 0 Å². The highest BCUT2D eigenvalue weighted by molar-refractivity contribution is 8.09. The average molecular weight is 365 g/mol. The average Bonchev–Trinajstić information content (AvgIpc) is 3.37. The van der Waals surface area contributed by atoms with Crippen LogP contribution in [0.3, 0.4) is 0 Å². The lowest BCUT2D eigenvalue weighted by molar-refractivity contribution is 0.583. The molecule has 3 aliphatic rings. The fourth-order valence-corrected chi connectivity index (χ4v) is 9.02. The number of anilines is 2. The zero-order valence-electron chi connectivity index (χ0n) is 14.3. The number of nitrogens with zero attached hydrogens (tertiary/aromatic N) is 1. The molecule has 1 atom stereocenters. The molecule has 0 saturated heterocycles. The highest BCUT2D eigenvalue weighted by Gasteiger charge is 2.61. The second kappa shape index (κ2) is 4.47. The third-order valence-electron chi connectivity index (χ3n) is 6.13. The van der Waals surface area contributed by atoms with Gasteiger partial charge in [-0.15, -0.1) is 0 Å². The van der Waals surface area contributed by atoms with Crippen LogP contribution in [0.15, 0.2) is 83.5 Å². The topological polar surface area (TPSA) is 33.5 Å². The standard InChI is InChI=1S/C22H13BNO2P/c25-27-20-11-4-2-6-14(20)15-8-5-10-19(22(15)27)24-18-9-3-1-7-16(18)21-17(23(24)27)12-13-26-21/h1-13H. The molecule has 0 radical (unpaired) electrons. The molecule has 0 bridgehead atoms. The number of furan rings is 1. The molecule has 0 fully saturated rings. The summed E-state index contributed by atoms with van der Waals surface area (Å²) in [5.74, 6) is 0.848. The zero-order chi connectivity index (χ0) is 17.8. The third-order valence-corrected chi connectivity index (χ3v) is 9.57. The summed E-state index contributed by atoms with van der Waals surface area (Å²) in [4.78, 5) is 2.28. The normalized spacial score (nSPS) is 20.0. The quantitative estimate of drug-likeness (QED) is 0.348. The molecule has 3 aliphatic heterocycles. The van der Waals surface area contributed by atoms with Crippen LogP contribution in [0, 0.1) is 0 Å². The maximum absolute atomic E-state index is 14.8. The van der Waals surface area contributed by atoms with Crippen molar-refractivity contribution >= 4 is 41.0 Å². The zero-order valence-corrected chi connectivity index (χ0v) is 15.2. The first-order valence-electron chi connectivity index (χ1n) is 9.09. The van der Waals surface area contributed by atoms with Gasteiger partial charge in [0.2, 0.25) is 0 Å². The Kier molecular flexibility index (Phi) is 2.34. The number of para-hydroxylation sites is 1. The van der Waals surface area contributed by atoms with Gasteiger partial charge in [0.15, 0.2) is 0 Å². The van der Waals surface area contributed by atoms with Crippen molar-refractivity contribution in [1.82, 2.24) is 0 Å². The van der Waals surface area contributed by atoms with Gasteiger partial charge in [0.05, 0.1) is 6.26 Å². The first kappa shape index (κ1) is 14.1. The van der Waals surface area contributed by atoms with E-state index in [0.717, 1.165) is 49.9 Å². The van der Waals surface area contributed by atoms with Crippen LogP contribution < -0.4 is 20.9 Å². The molecule has 3 aromatic carbocycles. The number of fused-ring (bicyclic) bond motifs is 11. The lowest BCUT2D eigenvalue weighted by Crippen LogP contribution is -2.47. The molecule has 4 aromatic rings. The fourth-order valence-electron chi connectivity index (χ4n) is 5.17. The van der Waals surface area contributed by atoms with Crippen molar-refractivity contribution in [3.05, 3.63) is 79.1 Å². The molecule has 1 aromatic heterocycles. The van der Waals surface area contributed by atoms with E-state index in [9.17, 15) is 4.57 Å².